The van der Waals surface area contributed by atoms with Gasteiger partial charge in [0, 0.05) is 24.2 Å². The molecule has 0 aromatic heterocycles. The van der Waals surface area contributed by atoms with E-state index in [4.69, 9.17) is 9.47 Å². The maximum atomic E-state index is 13.8. The molecule has 0 fully saturated rings. The van der Waals surface area contributed by atoms with Gasteiger partial charge in [-0.3, -0.25) is 9.59 Å². The summed E-state index contributed by atoms with van der Waals surface area (Å²) in [5.74, 6) is -0.492. The molecule has 0 spiro atoms. The van der Waals surface area contributed by atoms with E-state index in [1.54, 1.807) is 18.0 Å². The molecule has 0 aliphatic carbocycles. The normalized spacial score (nSPS) is 18.8. The number of carbonyl (C=O) groups is 2. The fourth-order valence-electron chi connectivity index (χ4n) is 4.09. The van der Waals surface area contributed by atoms with E-state index in [0.717, 1.165) is 5.69 Å². The molecule has 1 N–H and O–H groups in total. The first-order chi connectivity index (χ1) is 15.2. The molecule has 1 unspecified atom stereocenters. The molecule has 2 heterocycles. The van der Waals surface area contributed by atoms with Crippen molar-refractivity contribution in [2.24, 2.45) is 0 Å². The Balaban J connectivity index is 1.82. The quantitative estimate of drug-likeness (QED) is 0.656. The van der Waals surface area contributed by atoms with Gasteiger partial charge in [-0.05, 0) is 49.4 Å². The monoisotopic (exact) mass is 456 g/mol. The topological polar surface area (TPSA) is 67.9 Å². The molecule has 1 amide bonds. The van der Waals surface area contributed by atoms with Gasteiger partial charge in [-0.2, -0.15) is 0 Å². The molecular weight excluding hydrogens is 431 g/mol. The maximum absolute atomic E-state index is 13.8. The zero-order valence-corrected chi connectivity index (χ0v) is 19.2. The summed E-state index contributed by atoms with van der Waals surface area (Å²) in [5, 5.41) is 4.90. The second-order valence-corrected chi connectivity index (χ2v) is 9.40. The van der Waals surface area contributed by atoms with Crippen LogP contribution in [0.1, 0.15) is 25.8 Å². The van der Waals surface area contributed by atoms with Gasteiger partial charge in [-0.1, -0.05) is 12.1 Å². The van der Waals surface area contributed by atoms with E-state index in [1.165, 1.54) is 31.0 Å². The van der Waals surface area contributed by atoms with E-state index in [9.17, 15) is 14.0 Å². The Morgan fingerprint density at radius 2 is 2.03 bits per heavy atom. The van der Waals surface area contributed by atoms with E-state index in [2.05, 4.69) is 5.32 Å². The van der Waals surface area contributed by atoms with Gasteiger partial charge in [-0.15, -0.1) is 11.8 Å². The zero-order chi connectivity index (χ0) is 23.0. The third-order valence-corrected chi connectivity index (χ3v) is 6.73. The summed E-state index contributed by atoms with van der Waals surface area (Å²) in [6.07, 6.45) is 2.57. The Hall–Kier alpha value is -3.00. The van der Waals surface area contributed by atoms with Gasteiger partial charge in [0.15, 0.2) is 0 Å². The number of benzene rings is 2. The highest BCUT2D eigenvalue weighted by Gasteiger charge is 2.39. The van der Waals surface area contributed by atoms with Crippen LogP contribution >= 0.6 is 11.8 Å². The summed E-state index contributed by atoms with van der Waals surface area (Å²) in [6.45, 7) is 3.60. The summed E-state index contributed by atoms with van der Waals surface area (Å²) >= 11 is 1.43. The minimum atomic E-state index is -0.781. The molecule has 2 aliphatic heterocycles. The molecule has 6 nitrogen and oxygen atoms in total. The largest absolute Gasteiger partial charge is 0.496 e. The van der Waals surface area contributed by atoms with Crippen LogP contribution in [0.15, 0.2) is 41.8 Å². The van der Waals surface area contributed by atoms with Crippen LogP contribution in [0, 0.1) is 5.82 Å². The van der Waals surface area contributed by atoms with Crippen molar-refractivity contribution >= 4 is 35.0 Å². The number of methoxy groups -OCH3 is 1. The number of thioether (sulfide) groups is 1. The van der Waals surface area contributed by atoms with E-state index in [1.807, 2.05) is 37.5 Å². The van der Waals surface area contributed by atoms with Crippen molar-refractivity contribution in [3.63, 3.8) is 0 Å². The molecule has 4 rings (SSSR count). The maximum Gasteiger partial charge on any atom is 0.320 e. The molecule has 8 heteroatoms. The van der Waals surface area contributed by atoms with Gasteiger partial charge in [0.1, 0.15) is 29.0 Å². The first-order valence-electron chi connectivity index (χ1n) is 10.3. The smallest absolute Gasteiger partial charge is 0.320 e. The van der Waals surface area contributed by atoms with Crippen LogP contribution in [0.3, 0.4) is 0 Å². The minimum absolute atomic E-state index is 0.0331. The molecule has 168 valence electrons. The Morgan fingerprint density at radius 1 is 1.28 bits per heavy atom. The fraction of sp³-hybridized carbons (Fsp3) is 0.333. The van der Waals surface area contributed by atoms with Gasteiger partial charge in [0.05, 0.1) is 18.5 Å². The number of hydrogen-bond donors (Lipinski definition) is 1. The summed E-state index contributed by atoms with van der Waals surface area (Å²) in [4.78, 5) is 27.2. The standard InChI is InChI=1S/C24H25FN2O4S/c1-24(2)23(29)27(3)21-17(13-31-22(28)20-6-5-11-32-20)15(9-10-18(21)26-24)16-8-7-14(25)12-19(16)30-4/h5,7-12,20,26H,6,13H2,1-4H3. The van der Waals surface area contributed by atoms with Crippen LogP contribution in [0.4, 0.5) is 15.8 Å². The Kier molecular flexibility index (Phi) is 5.90. The number of likely N-dealkylation sites (N-methyl/N-ethyl adjacent to an activating group) is 1. The summed E-state index contributed by atoms with van der Waals surface area (Å²) < 4.78 is 24.9. The average molecular weight is 457 g/mol. The highest BCUT2D eigenvalue weighted by atomic mass is 32.2. The number of esters is 1. The summed E-state index contributed by atoms with van der Waals surface area (Å²) in [5.41, 5.74) is 2.59. The number of allylic oxidation sites excluding steroid dienone is 1. The lowest BCUT2D eigenvalue weighted by Gasteiger charge is -2.39. The molecular formula is C24H25FN2O4S. The lowest BCUT2D eigenvalue weighted by molar-refractivity contribution is -0.144. The molecule has 2 aromatic rings. The molecule has 32 heavy (non-hydrogen) atoms. The number of carbonyl (C=O) groups excluding carboxylic acids is 2. The summed E-state index contributed by atoms with van der Waals surface area (Å²) in [6, 6.07) is 8.03. The number of hydrogen-bond acceptors (Lipinski definition) is 6. The molecule has 0 saturated heterocycles. The number of rotatable bonds is 5. The molecule has 2 aromatic carbocycles. The van der Waals surface area contributed by atoms with Crippen LogP contribution in [0.2, 0.25) is 0 Å². The zero-order valence-electron chi connectivity index (χ0n) is 18.4. The Bertz CT molecular complexity index is 1110. The Morgan fingerprint density at radius 3 is 2.72 bits per heavy atom. The van der Waals surface area contributed by atoms with Gasteiger partial charge >= 0.3 is 5.97 Å². The second kappa shape index (κ2) is 8.50. The number of anilines is 2. The lowest BCUT2D eigenvalue weighted by Crippen LogP contribution is -2.52. The first-order valence-corrected chi connectivity index (χ1v) is 11.2. The fourth-order valence-corrected chi connectivity index (χ4v) is 4.90. The van der Waals surface area contributed by atoms with Gasteiger partial charge in [0.2, 0.25) is 0 Å². The highest BCUT2D eigenvalue weighted by molar-refractivity contribution is 8.03. The number of halogens is 1. The van der Waals surface area contributed by atoms with Crippen molar-refractivity contribution in [2.75, 3.05) is 24.4 Å². The third kappa shape index (κ3) is 3.95. The number of fused-ring (bicyclic) bond motifs is 1. The van der Waals surface area contributed by atoms with Crippen molar-refractivity contribution in [3.8, 4) is 16.9 Å². The number of amides is 1. The second-order valence-electron chi connectivity index (χ2n) is 8.29. The predicted octanol–water partition coefficient (Wildman–Crippen LogP) is 4.73. The van der Waals surface area contributed by atoms with E-state index in [0.29, 0.717) is 34.5 Å². The van der Waals surface area contributed by atoms with Gasteiger partial charge in [-0.25, -0.2) is 4.39 Å². The molecule has 2 aliphatic rings. The van der Waals surface area contributed by atoms with Crippen molar-refractivity contribution in [3.05, 3.63) is 53.2 Å². The number of nitrogens with one attached hydrogen (secondary N) is 1. The summed E-state index contributed by atoms with van der Waals surface area (Å²) in [7, 11) is 3.18. The Labute approximate surface area is 190 Å². The van der Waals surface area contributed by atoms with Crippen LogP contribution in [-0.4, -0.2) is 36.8 Å². The number of nitrogens with zero attached hydrogens (tertiary/aromatic N) is 1. The van der Waals surface area contributed by atoms with Crippen molar-refractivity contribution in [1.82, 2.24) is 0 Å². The van der Waals surface area contributed by atoms with Gasteiger partial charge in [0.25, 0.3) is 5.91 Å². The van der Waals surface area contributed by atoms with Crippen molar-refractivity contribution < 1.29 is 23.5 Å². The van der Waals surface area contributed by atoms with E-state index >= 15 is 0 Å². The highest BCUT2D eigenvalue weighted by Crippen LogP contribution is 2.44. The third-order valence-electron chi connectivity index (χ3n) is 5.67. The lowest BCUT2D eigenvalue weighted by atomic mass is 9.92. The molecule has 1 atom stereocenters. The van der Waals surface area contributed by atoms with E-state index < -0.39 is 11.4 Å². The minimum Gasteiger partial charge on any atom is -0.496 e. The van der Waals surface area contributed by atoms with Crippen molar-refractivity contribution in [2.45, 2.75) is 37.7 Å². The molecule has 0 saturated carbocycles. The van der Waals surface area contributed by atoms with Crippen LogP contribution < -0.4 is 15.0 Å². The number of ether oxygens (including phenoxy) is 2. The first kappa shape index (κ1) is 22.2. The molecule has 0 radical (unpaired) electrons. The van der Waals surface area contributed by atoms with Crippen LogP contribution in [0.5, 0.6) is 5.75 Å². The average Bonchev–Trinajstić information content (AvgIpc) is 3.30. The van der Waals surface area contributed by atoms with E-state index in [-0.39, 0.29) is 23.7 Å². The SMILES string of the molecule is COc1cc(F)ccc1-c1ccc2c(c1COC(=O)C1CC=CS1)N(C)C(=O)C(C)(C)N2. The van der Waals surface area contributed by atoms with Crippen molar-refractivity contribution in [1.29, 1.82) is 0 Å². The predicted molar refractivity (Wildman–Crippen MR) is 124 cm³/mol. The van der Waals surface area contributed by atoms with Gasteiger partial charge < -0.3 is 19.7 Å². The van der Waals surface area contributed by atoms with Crippen LogP contribution in [-0.2, 0) is 20.9 Å². The molecule has 0 bridgehead atoms. The van der Waals surface area contributed by atoms with Crippen LogP contribution in [0.25, 0.3) is 11.1 Å².